The number of aliphatic hydroxyl groups excluding tert-OH is 1. The van der Waals surface area contributed by atoms with Crippen LogP contribution in [0.15, 0.2) is 54.6 Å². The van der Waals surface area contributed by atoms with Crippen molar-refractivity contribution < 1.29 is 23.8 Å². The minimum Gasteiger partial charge on any atom is -0.493 e. The van der Waals surface area contributed by atoms with Crippen molar-refractivity contribution in [3.05, 3.63) is 77.2 Å². The number of halogens is 1. The first-order valence-electron chi connectivity index (χ1n) is 11.8. The number of carbonyl (C=O) groups is 1. The molecule has 0 aliphatic rings. The Morgan fingerprint density at radius 2 is 1.72 bits per heavy atom. The number of hydrogen-bond acceptors (Lipinski definition) is 7. The van der Waals surface area contributed by atoms with Gasteiger partial charge in [-0.1, -0.05) is 0 Å². The molecule has 0 fully saturated rings. The lowest BCUT2D eigenvalue weighted by atomic mass is 9.86. The fraction of sp³-hybridized carbons (Fsp3) is 0.357. The highest BCUT2D eigenvalue weighted by Crippen LogP contribution is 2.32. The molecule has 3 aromatic rings. The number of nitrogens with two attached hydrogens (primary N) is 2. The van der Waals surface area contributed by atoms with Gasteiger partial charge < -0.3 is 26.0 Å². The fourth-order valence-corrected chi connectivity index (χ4v) is 3.73. The largest absolute Gasteiger partial charge is 0.493 e. The topological polar surface area (TPSA) is 121 Å². The van der Waals surface area contributed by atoms with Crippen molar-refractivity contribution in [3.8, 4) is 22.8 Å². The van der Waals surface area contributed by atoms with E-state index >= 15 is 0 Å². The third-order valence-corrected chi connectivity index (χ3v) is 6.00. The van der Waals surface area contributed by atoms with Crippen molar-refractivity contribution in [2.24, 2.45) is 11.5 Å². The Balaban J connectivity index is 1.85. The molecule has 0 saturated carbocycles. The number of aliphatic hydroxyl groups is 1. The lowest BCUT2D eigenvalue weighted by Crippen LogP contribution is -2.36. The van der Waals surface area contributed by atoms with Crippen molar-refractivity contribution in [1.82, 2.24) is 4.98 Å². The Morgan fingerprint density at radius 1 is 1.03 bits per heavy atom. The Labute approximate surface area is 211 Å². The second-order valence-electron chi connectivity index (χ2n) is 9.63. The smallest absolute Gasteiger partial charge is 0.163 e. The van der Waals surface area contributed by atoms with Crippen LogP contribution in [-0.4, -0.2) is 36.2 Å². The first-order chi connectivity index (χ1) is 16.9. The average Bonchev–Trinajstić information content (AvgIpc) is 2.85. The SMILES string of the molecule is COc1cc(C(=O)CCC(C)(N)c2cc(C(C)(C)N)cc(-c3ccc(F)cc3)n2)ccc1OCCO. The predicted molar refractivity (Wildman–Crippen MR) is 138 cm³/mol. The summed E-state index contributed by atoms with van der Waals surface area (Å²) in [6, 6.07) is 14.8. The normalized spacial score (nSPS) is 13.2. The quantitative estimate of drug-likeness (QED) is 0.339. The van der Waals surface area contributed by atoms with Gasteiger partial charge in [0.05, 0.1) is 30.6 Å². The summed E-state index contributed by atoms with van der Waals surface area (Å²) in [6.45, 7) is 5.61. The molecule has 0 aliphatic heterocycles. The van der Waals surface area contributed by atoms with Crippen molar-refractivity contribution in [2.75, 3.05) is 20.3 Å². The Bertz CT molecular complexity index is 1200. The van der Waals surface area contributed by atoms with Crippen LogP contribution in [0.4, 0.5) is 4.39 Å². The minimum absolute atomic E-state index is 0.104. The molecular weight excluding hydrogens is 461 g/mol. The monoisotopic (exact) mass is 495 g/mol. The first-order valence-corrected chi connectivity index (χ1v) is 11.8. The lowest BCUT2D eigenvalue weighted by Gasteiger charge is -2.28. The Morgan fingerprint density at radius 3 is 2.33 bits per heavy atom. The van der Waals surface area contributed by atoms with Crippen LogP contribution >= 0.6 is 0 Å². The molecule has 0 spiro atoms. The van der Waals surface area contributed by atoms with Gasteiger partial charge in [-0.25, -0.2) is 4.39 Å². The number of rotatable bonds is 11. The van der Waals surface area contributed by atoms with E-state index in [0.717, 1.165) is 11.1 Å². The third kappa shape index (κ3) is 6.66. The molecule has 8 heteroatoms. The van der Waals surface area contributed by atoms with Gasteiger partial charge in [0.25, 0.3) is 0 Å². The van der Waals surface area contributed by atoms with Gasteiger partial charge in [-0.3, -0.25) is 9.78 Å². The number of ketones is 1. The number of aromatic nitrogens is 1. The Hall–Kier alpha value is -3.33. The molecule has 0 radical (unpaired) electrons. The first kappa shape index (κ1) is 27.3. The summed E-state index contributed by atoms with van der Waals surface area (Å²) < 4.78 is 24.2. The second-order valence-corrected chi connectivity index (χ2v) is 9.63. The molecule has 0 saturated heterocycles. The molecule has 1 unspecified atom stereocenters. The lowest BCUT2D eigenvalue weighted by molar-refractivity contribution is 0.0970. The predicted octanol–water partition coefficient (Wildman–Crippen LogP) is 4.30. The maximum atomic E-state index is 13.5. The average molecular weight is 496 g/mol. The number of carbonyl (C=O) groups excluding carboxylic acids is 1. The van der Waals surface area contributed by atoms with Gasteiger partial charge in [-0.05, 0) is 87.4 Å². The van der Waals surface area contributed by atoms with Crippen LogP contribution in [0.1, 0.15) is 55.2 Å². The van der Waals surface area contributed by atoms with E-state index in [2.05, 4.69) is 0 Å². The molecule has 3 rings (SSSR count). The summed E-state index contributed by atoms with van der Waals surface area (Å²) in [5, 5.41) is 8.97. The summed E-state index contributed by atoms with van der Waals surface area (Å²) in [6.07, 6.45) is 0.512. The van der Waals surface area contributed by atoms with Crippen molar-refractivity contribution in [1.29, 1.82) is 0 Å². The van der Waals surface area contributed by atoms with E-state index < -0.39 is 11.1 Å². The van der Waals surface area contributed by atoms with Gasteiger partial charge in [0.1, 0.15) is 12.4 Å². The zero-order chi connectivity index (χ0) is 26.5. The molecule has 0 aliphatic carbocycles. The Kier molecular flexibility index (Phi) is 8.45. The summed E-state index contributed by atoms with van der Waals surface area (Å²) >= 11 is 0. The molecule has 5 N–H and O–H groups in total. The third-order valence-electron chi connectivity index (χ3n) is 6.00. The standard InChI is InChI=1S/C28H34FN3O4/c1-27(2,30)20-16-22(18-5-8-21(29)9-6-18)32-26(17-20)28(3,31)12-11-23(34)19-7-10-24(36-14-13-33)25(15-19)35-4/h5-10,15-17,33H,11-14,30-31H2,1-4H3. The van der Waals surface area contributed by atoms with E-state index in [4.69, 9.17) is 31.0 Å². The molecule has 7 nitrogen and oxygen atoms in total. The highest BCUT2D eigenvalue weighted by atomic mass is 19.1. The van der Waals surface area contributed by atoms with Crippen molar-refractivity contribution >= 4 is 5.78 Å². The van der Waals surface area contributed by atoms with Gasteiger partial charge in [-0.15, -0.1) is 0 Å². The van der Waals surface area contributed by atoms with E-state index in [1.54, 1.807) is 30.3 Å². The molecule has 1 atom stereocenters. The number of nitrogens with zero attached hydrogens (tertiary/aromatic N) is 1. The number of benzene rings is 2. The summed E-state index contributed by atoms with van der Waals surface area (Å²) in [5.74, 6) is 0.424. The highest BCUT2D eigenvalue weighted by Gasteiger charge is 2.28. The number of pyridine rings is 1. The molecule has 1 heterocycles. The van der Waals surface area contributed by atoms with E-state index in [1.165, 1.54) is 19.2 Å². The molecule has 192 valence electrons. The number of ether oxygens (including phenoxy) is 2. The molecule has 0 amide bonds. The summed E-state index contributed by atoms with van der Waals surface area (Å²) in [7, 11) is 1.49. The van der Waals surface area contributed by atoms with Gasteiger partial charge >= 0.3 is 0 Å². The summed E-state index contributed by atoms with van der Waals surface area (Å²) in [5.41, 5.74) is 14.8. The molecule has 0 bridgehead atoms. The highest BCUT2D eigenvalue weighted by molar-refractivity contribution is 5.96. The van der Waals surface area contributed by atoms with Crippen LogP contribution in [0.2, 0.25) is 0 Å². The van der Waals surface area contributed by atoms with E-state index in [9.17, 15) is 9.18 Å². The van der Waals surface area contributed by atoms with E-state index in [-0.39, 0.29) is 31.2 Å². The molecule has 2 aromatic carbocycles. The van der Waals surface area contributed by atoms with Gasteiger partial charge in [-0.2, -0.15) is 0 Å². The van der Waals surface area contributed by atoms with Crippen LogP contribution in [0.25, 0.3) is 11.3 Å². The number of hydrogen-bond donors (Lipinski definition) is 3. The van der Waals surface area contributed by atoms with E-state index in [1.807, 2.05) is 32.9 Å². The maximum absolute atomic E-state index is 13.5. The van der Waals surface area contributed by atoms with E-state index in [0.29, 0.717) is 34.9 Å². The van der Waals surface area contributed by atoms with Crippen molar-refractivity contribution in [2.45, 2.75) is 44.7 Å². The number of Topliss-reactive ketones (excluding diaryl/α,β-unsaturated/α-hetero) is 1. The fourth-order valence-electron chi connectivity index (χ4n) is 3.73. The van der Waals surface area contributed by atoms with Crippen LogP contribution in [0.5, 0.6) is 11.5 Å². The van der Waals surface area contributed by atoms with Crippen LogP contribution < -0.4 is 20.9 Å². The minimum atomic E-state index is -0.931. The van der Waals surface area contributed by atoms with Crippen molar-refractivity contribution in [3.63, 3.8) is 0 Å². The molecule has 1 aromatic heterocycles. The second kappa shape index (κ2) is 11.2. The van der Waals surface area contributed by atoms with Gasteiger partial charge in [0.2, 0.25) is 0 Å². The summed E-state index contributed by atoms with van der Waals surface area (Å²) in [4.78, 5) is 17.8. The number of methoxy groups -OCH3 is 1. The van der Waals surface area contributed by atoms with Crippen LogP contribution in [0, 0.1) is 5.82 Å². The van der Waals surface area contributed by atoms with Gasteiger partial charge in [0.15, 0.2) is 17.3 Å². The molecular formula is C28H34FN3O4. The van der Waals surface area contributed by atoms with Crippen LogP contribution in [-0.2, 0) is 11.1 Å². The maximum Gasteiger partial charge on any atom is 0.163 e. The zero-order valence-electron chi connectivity index (χ0n) is 21.2. The molecule has 36 heavy (non-hydrogen) atoms. The zero-order valence-corrected chi connectivity index (χ0v) is 21.2. The van der Waals surface area contributed by atoms with Gasteiger partial charge in [0, 0.05) is 23.1 Å². The van der Waals surface area contributed by atoms with Crippen LogP contribution in [0.3, 0.4) is 0 Å².